The highest BCUT2D eigenvalue weighted by Crippen LogP contribution is 2.17. The van der Waals surface area contributed by atoms with Gasteiger partial charge in [-0.3, -0.25) is 4.79 Å². The van der Waals surface area contributed by atoms with E-state index in [0.717, 1.165) is 25.8 Å². The van der Waals surface area contributed by atoms with E-state index in [0.29, 0.717) is 12.1 Å². The lowest BCUT2D eigenvalue weighted by Crippen LogP contribution is -2.53. The van der Waals surface area contributed by atoms with Crippen molar-refractivity contribution in [3.05, 3.63) is 0 Å². The van der Waals surface area contributed by atoms with Crippen LogP contribution in [0.15, 0.2) is 0 Å². The minimum Gasteiger partial charge on any atom is -0.352 e. The average molecular weight is 182 g/mol. The van der Waals surface area contributed by atoms with E-state index in [4.69, 9.17) is 0 Å². The van der Waals surface area contributed by atoms with E-state index in [1.54, 1.807) is 0 Å². The van der Waals surface area contributed by atoms with Crippen LogP contribution in [0.4, 0.5) is 0 Å². The van der Waals surface area contributed by atoms with Crippen LogP contribution in [0.1, 0.15) is 38.5 Å². The van der Waals surface area contributed by atoms with Crippen molar-refractivity contribution in [3.63, 3.8) is 0 Å². The topological polar surface area (TPSA) is 41.1 Å². The fraction of sp³-hybridized carbons (Fsp3) is 0.900. The third-order valence-corrected chi connectivity index (χ3v) is 3.10. The molecule has 0 aliphatic carbocycles. The minimum absolute atomic E-state index is 0.239. The first kappa shape index (κ1) is 9.00. The lowest BCUT2D eigenvalue weighted by Gasteiger charge is -2.34. The molecular formula is C10H18N2O. The van der Waals surface area contributed by atoms with Gasteiger partial charge < -0.3 is 10.6 Å². The second kappa shape index (κ2) is 4.09. The first-order valence-corrected chi connectivity index (χ1v) is 5.39. The Morgan fingerprint density at radius 2 is 1.92 bits per heavy atom. The Morgan fingerprint density at radius 1 is 1.08 bits per heavy atom. The largest absolute Gasteiger partial charge is 0.352 e. The van der Waals surface area contributed by atoms with E-state index < -0.39 is 0 Å². The van der Waals surface area contributed by atoms with Crippen LogP contribution in [0, 0.1) is 0 Å². The van der Waals surface area contributed by atoms with Crippen LogP contribution in [0.2, 0.25) is 0 Å². The van der Waals surface area contributed by atoms with Gasteiger partial charge in [0.2, 0.25) is 5.91 Å². The molecule has 3 heteroatoms. The van der Waals surface area contributed by atoms with E-state index >= 15 is 0 Å². The van der Waals surface area contributed by atoms with E-state index in [1.807, 2.05) is 0 Å². The molecule has 0 aromatic carbocycles. The number of piperidine rings is 2. The van der Waals surface area contributed by atoms with Crippen molar-refractivity contribution in [3.8, 4) is 0 Å². The number of rotatable bonds is 1. The van der Waals surface area contributed by atoms with Gasteiger partial charge in [-0.15, -0.1) is 0 Å². The summed E-state index contributed by atoms with van der Waals surface area (Å²) >= 11 is 0. The third kappa shape index (κ3) is 2.21. The minimum atomic E-state index is 0.239. The molecule has 0 radical (unpaired) electrons. The van der Waals surface area contributed by atoms with Gasteiger partial charge in [-0.1, -0.05) is 6.42 Å². The van der Waals surface area contributed by atoms with Crippen LogP contribution < -0.4 is 10.6 Å². The molecule has 2 heterocycles. The van der Waals surface area contributed by atoms with Crippen molar-refractivity contribution in [2.24, 2.45) is 0 Å². The van der Waals surface area contributed by atoms with Gasteiger partial charge in [0, 0.05) is 18.5 Å². The smallest absolute Gasteiger partial charge is 0.220 e. The molecular weight excluding hydrogens is 164 g/mol. The summed E-state index contributed by atoms with van der Waals surface area (Å²) in [6.45, 7) is 1.12. The monoisotopic (exact) mass is 182 g/mol. The maximum Gasteiger partial charge on any atom is 0.220 e. The summed E-state index contributed by atoms with van der Waals surface area (Å²) in [5.41, 5.74) is 0. The quantitative estimate of drug-likeness (QED) is 0.629. The van der Waals surface area contributed by atoms with Crippen LogP contribution in [0.5, 0.6) is 0 Å². The molecule has 0 bridgehead atoms. The molecule has 0 unspecified atom stereocenters. The Kier molecular flexibility index (Phi) is 2.83. The van der Waals surface area contributed by atoms with Crippen molar-refractivity contribution in [1.29, 1.82) is 0 Å². The van der Waals surface area contributed by atoms with E-state index in [-0.39, 0.29) is 5.91 Å². The average Bonchev–Trinajstić information content (AvgIpc) is 2.19. The van der Waals surface area contributed by atoms with Crippen molar-refractivity contribution < 1.29 is 4.79 Å². The highest BCUT2D eigenvalue weighted by Gasteiger charge is 2.26. The fourth-order valence-corrected chi connectivity index (χ4v) is 2.36. The van der Waals surface area contributed by atoms with Gasteiger partial charge >= 0.3 is 0 Å². The van der Waals surface area contributed by atoms with Crippen molar-refractivity contribution >= 4 is 5.91 Å². The molecule has 2 rings (SSSR count). The summed E-state index contributed by atoms with van der Waals surface area (Å²) in [5.74, 6) is 0.239. The van der Waals surface area contributed by atoms with E-state index in [1.165, 1.54) is 19.3 Å². The number of amides is 1. The van der Waals surface area contributed by atoms with Crippen molar-refractivity contribution in [2.45, 2.75) is 50.6 Å². The molecule has 13 heavy (non-hydrogen) atoms. The van der Waals surface area contributed by atoms with Crippen molar-refractivity contribution in [1.82, 2.24) is 10.6 Å². The summed E-state index contributed by atoms with van der Waals surface area (Å²) in [6, 6.07) is 0.944. The Hall–Kier alpha value is -0.570. The summed E-state index contributed by atoms with van der Waals surface area (Å²) < 4.78 is 0. The summed E-state index contributed by atoms with van der Waals surface area (Å²) in [4.78, 5) is 11.2. The van der Waals surface area contributed by atoms with Crippen LogP contribution >= 0.6 is 0 Å². The summed E-state index contributed by atoms with van der Waals surface area (Å²) in [7, 11) is 0. The molecule has 0 aromatic rings. The number of carbonyl (C=O) groups is 1. The summed E-state index contributed by atoms with van der Waals surface area (Å²) in [5, 5.41) is 6.58. The SMILES string of the molecule is O=C1CCC[C@@H]([C@@H]2CCCCN2)N1. The van der Waals surface area contributed by atoms with Gasteiger partial charge in [0.05, 0.1) is 0 Å². The lowest BCUT2D eigenvalue weighted by atomic mass is 9.92. The molecule has 1 amide bonds. The maximum absolute atomic E-state index is 11.2. The predicted octanol–water partition coefficient (Wildman–Crippen LogP) is 0.797. The highest BCUT2D eigenvalue weighted by molar-refractivity contribution is 5.77. The fourth-order valence-electron chi connectivity index (χ4n) is 2.36. The van der Waals surface area contributed by atoms with Crippen LogP contribution in [0.3, 0.4) is 0 Å². The van der Waals surface area contributed by atoms with Crippen molar-refractivity contribution in [2.75, 3.05) is 6.54 Å². The number of hydrogen-bond acceptors (Lipinski definition) is 2. The molecule has 2 saturated heterocycles. The lowest BCUT2D eigenvalue weighted by molar-refractivity contribution is -0.123. The summed E-state index contributed by atoms with van der Waals surface area (Å²) in [6.07, 6.45) is 6.77. The molecule has 2 N–H and O–H groups in total. The van der Waals surface area contributed by atoms with Crippen LogP contribution in [0.25, 0.3) is 0 Å². The zero-order chi connectivity index (χ0) is 9.10. The Labute approximate surface area is 79.3 Å². The molecule has 2 aliphatic heterocycles. The van der Waals surface area contributed by atoms with Gasteiger partial charge in [0.1, 0.15) is 0 Å². The van der Waals surface area contributed by atoms with E-state index in [2.05, 4.69) is 10.6 Å². The molecule has 0 aromatic heterocycles. The zero-order valence-electron chi connectivity index (χ0n) is 8.01. The second-order valence-electron chi connectivity index (χ2n) is 4.12. The van der Waals surface area contributed by atoms with Crippen LogP contribution in [-0.4, -0.2) is 24.5 Å². The third-order valence-electron chi connectivity index (χ3n) is 3.10. The molecule has 2 aliphatic rings. The predicted molar refractivity (Wildman–Crippen MR) is 51.4 cm³/mol. The van der Waals surface area contributed by atoms with Gasteiger partial charge in [-0.2, -0.15) is 0 Å². The van der Waals surface area contributed by atoms with E-state index in [9.17, 15) is 4.79 Å². The second-order valence-corrected chi connectivity index (χ2v) is 4.12. The molecule has 3 nitrogen and oxygen atoms in total. The van der Waals surface area contributed by atoms with Gasteiger partial charge in [-0.05, 0) is 32.2 Å². The Bertz CT molecular complexity index is 187. The Morgan fingerprint density at radius 3 is 2.62 bits per heavy atom. The first-order chi connectivity index (χ1) is 6.36. The Balaban J connectivity index is 1.87. The molecule has 2 fully saturated rings. The maximum atomic E-state index is 11.2. The zero-order valence-corrected chi connectivity index (χ0v) is 8.01. The van der Waals surface area contributed by atoms with Gasteiger partial charge in [0.25, 0.3) is 0 Å². The normalized spacial score (nSPS) is 35.5. The van der Waals surface area contributed by atoms with Crippen LogP contribution in [-0.2, 0) is 4.79 Å². The molecule has 0 saturated carbocycles. The molecule has 2 atom stereocenters. The first-order valence-electron chi connectivity index (χ1n) is 5.39. The highest BCUT2D eigenvalue weighted by atomic mass is 16.1. The van der Waals surface area contributed by atoms with Gasteiger partial charge in [-0.25, -0.2) is 0 Å². The molecule has 0 spiro atoms. The standard InChI is InChI=1S/C10H18N2O/c13-10-6-3-5-9(12-10)8-4-1-2-7-11-8/h8-9,11H,1-7H2,(H,12,13)/t8-,9-/m0/s1. The van der Waals surface area contributed by atoms with Gasteiger partial charge in [0.15, 0.2) is 0 Å². The number of hydrogen-bond donors (Lipinski definition) is 2. The number of nitrogens with one attached hydrogen (secondary N) is 2. The number of carbonyl (C=O) groups excluding carboxylic acids is 1. The molecule has 74 valence electrons.